The van der Waals surface area contributed by atoms with Gasteiger partial charge in [0.2, 0.25) is 0 Å². The van der Waals surface area contributed by atoms with Gasteiger partial charge in [-0.1, -0.05) is 36.5 Å². The molecule has 2 rings (SSSR count). The van der Waals surface area contributed by atoms with Crippen LogP contribution in [0, 0.1) is 0 Å². The molecule has 10 heteroatoms. The highest BCUT2D eigenvalue weighted by atomic mass is 35.5. The second-order valence-electron chi connectivity index (χ2n) is 5.01. The van der Waals surface area contributed by atoms with Crippen LogP contribution in [0.25, 0.3) is 0 Å². The Morgan fingerprint density at radius 3 is 2.60 bits per heavy atom. The van der Waals surface area contributed by atoms with E-state index in [9.17, 15) is 18.3 Å². The third-order valence-electron chi connectivity index (χ3n) is 3.09. The summed E-state index contributed by atoms with van der Waals surface area (Å²) in [6.07, 6.45) is 1.59. The maximum absolute atomic E-state index is 12.3. The quantitative estimate of drug-likeness (QED) is 0.504. The lowest BCUT2D eigenvalue weighted by molar-refractivity contribution is 0.0496. The Labute approximate surface area is 159 Å². The number of carbonyl (C=O) groups excluding carboxylic acids is 1. The van der Waals surface area contributed by atoms with Crippen molar-refractivity contribution in [1.29, 1.82) is 0 Å². The van der Waals surface area contributed by atoms with Gasteiger partial charge in [0.15, 0.2) is 0 Å². The molecule has 0 spiro atoms. The number of thiophene rings is 1. The van der Waals surface area contributed by atoms with Crippen LogP contribution in [0.2, 0.25) is 9.36 Å². The number of unbranched alkanes of at least 4 members (excludes halogenated alkanes) is 1. The third-order valence-corrected chi connectivity index (χ3v) is 6.81. The molecule has 0 amide bonds. The van der Waals surface area contributed by atoms with Gasteiger partial charge in [0.25, 0.3) is 10.0 Å². The molecule has 1 aromatic heterocycles. The highest BCUT2D eigenvalue weighted by molar-refractivity contribution is 7.94. The average Bonchev–Trinajstić information content (AvgIpc) is 2.87. The van der Waals surface area contributed by atoms with E-state index in [4.69, 9.17) is 27.9 Å². The molecule has 1 heterocycles. The van der Waals surface area contributed by atoms with Crippen LogP contribution in [0.15, 0.2) is 28.5 Å². The second-order valence-corrected chi connectivity index (χ2v) is 8.98. The summed E-state index contributed by atoms with van der Waals surface area (Å²) in [5.41, 5.74) is 0.0458. The van der Waals surface area contributed by atoms with Crippen LogP contribution in [0.1, 0.15) is 30.1 Å². The Balaban J connectivity index is 2.16. The van der Waals surface area contributed by atoms with Gasteiger partial charge in [-0.15, -0.1) is 11.3 Å². The first kappa shape index (κ1) is 19.8. The summed E-state index contributed by atoms with van der Waals surface area (Å²) in [7, 11) is -3.91. The molecule has 0 fully saturated rings. The predicted molar refractivity (Wildman–Crippen MR) is 98.4 cm³/mol. The number of phenolic OH excluding ortho intramolecular Hbond substituents is 1. The molecular formula is C15H15Cl2NO5S2. The van der Waals surface area contributed by atoms with Crippen LogP contribution in [-0.2, 0) is 14.8 Å². The van der Waals surface area contributed by atoms with E-state index in [-0.39, 0.29) is 37.2 Å². The van der Waals surface area contributed by atoms with Crippen LogP contribution >= 0.6 is 34.5 Å². The van der Waals surface area contributed by atoms with Crippen LogP contribution < -0.4 is 4.72 Å². The van der Waals surface area contributed by atoms with Gasteiger partial charge in [-0.25, -0.2) is 13.2 Å². The summed E-state index contributed by atoms with van der Waals surface area (Å²) < 4.78 is 32.0. The number of sulfonamides is 1. The monoisotopic (exact) mass is 423 g/mol. The minimum atomic E-state index is -3.91. The fraction of sp³-hybridized carbons (Fsp3) is 0.267. The molecule has 0 aliphatic heterocycles. The summed E-state index contributed by atoms with van der Waals surface area (Å²) in [4.78, 5) is 11.9. The van der Waals surface area contributed by atoms with Crippen molar-refractivity contribution in [1.82, 2.24) is 0 Å². The van der Waals surface area contributed by atoms with Gasteiger partial charge in [0, 0.05) is 6.07 Å². The normalized spacial score (nSPS) is 11.3. The van der Waals surface area contributed by atoms with Crippen molar-refractivity contribution in [2.75, 3.05) is 11.3 Å². The van der Waals surface area contributed by atoms with Gasteiger partial charge in [0.1, 0.15) is 19.9 Å². The minimum absolute atomic E-state index is 0.0405. The fourth-order valence-corrected chi connectivity index (χ4v) is 4.75. The van der Waals surface area contributed by atoms with E-state index < -0.39 is 16.0 Å². The Morgan fingerprint density at radius 1 is 1.32 bits per heavy atom. The van der Waals surface area contributed by atoms with E-state index in [1.54, 1.807) is 0 Å². The molecule has 0 aliphatic carbocycles. The van der Waals surface area contributed by atoms with Crippen molar-refractivity contribution >= 4 is 56.2 Å². The lowest BCUT2D eigenvalue weighted by Crippen LogP contribution is -2.12. The summed E-state index contributed by atoms with van der Waals surface area (Å²) in [5.74, 6) is -1.05. The number of anilines is 1. The van der Waals surface area contributed by atoms with Crippen molar-refractivity contribution in [3.63, 3.8) is 0 Å². The number of benzene rings is 1. The number of hydrogen-bond donors (Lipinski definition) is 2. The topological polar surface area (TPSA) is 92.7 Å². The third kappa shape index (κ3) is 5.01. The Kier molecular flexibility index (Phi) is 6.56. The molecule has 0 aliphatic rings. The fourth-order valence-electron chi connectivity index (χ4n) is 1.82. The zero-order chi connectivity index (χ0) is 18.6. The van der Waals surface area contributed by atoms with Crippen molar-refractivity contribution in [2.24, 2.45) is 0 Å². The maximum atomic E-state index is 12.3. The molecule has 136 valence electrons. The zero-order valence-corrected chi connectivity index (χ0v) is 16.2. The molecule has 2 N–H and O–H groups in total. The molecule has 0 saturated carbocycles. The Hall–Kier alpha value is -1.48. The zero-order valence-electron chi connectivity index (χ0n) is 13.1. The molecule has 0 radical (unpaired) electrons. The molecule has 0 saturated heterocycles. The standard InChI is InChI=1S/C15H15Cl2NO5S2/c1-2-3-6-23-15(20)10-5-4-9(7-12(10)19)18-25(21,22)13-8-11(16)14(17)24-13/h4-5,7-8,18-19H,2-3,6H2,1H3. The first-order chi connectivity index (χ1) is 11.7. The van der Waals surface area contributed by atoms with Gasteiger partial charge in [0.05, 0.1) is 17.3 Å². The second kappa shape index (κ2) is 8.27. The van der Waals surface area contributed by atoms with Crippen molar-refractivity contribution in [2.45, 2.75) is 24.0 Å². The smallest absolute Gasteiger partial charge is 0.341 e. The van der Waals surface area contributed by atoms with E-state index >= 15 is 0 Å². The van der Waals surface area contributed by atoms with Gasteiger partial charge >= 0.3 is 5.97 Å². The number of carbonyl (C=O) groups is 1. The SMILES string of the molecule is CCCCOC(=O)c1ccc(NS(=O)(=O)c2cc(Cl)c(Cl)s2)cc1O. The lowest BCUT2D eigenvalue weighted by atomic mass is 10.2. The minimum Gasteiger partial charge on any atom is -0.507 e. The van der Waals surface area contributed by atoms with Gasteiger partial charge in [-0.3, -0.25) is 4.72 Å². The van der Waals surface area contributed by atoms with E-state index in [0.29, 0.717) is 0 Å². The maximum Gasteiger partial charge on any atom is 0.341 e. The number of hydrogen-bond acceptors (Lipinski definition) is 6. The lowest BCUT2D eigenvalue weighted by Gasteiger charge is -2.09. The van der Waals surface area contributed by atoms with Crippen LogP contribution in [-0.4, -0.2) is 26.1 Å². The number of halogens is 2. The van der Waals surface area contributed by atoms with Crippen LogP contribution in [0.5, 0.6) is 5.75 Å². The molecule has 0 atom stereocenters. The number of nitrogens with one attached hydrogen (secondary N) is 1. The molecule has 6 nitrogen and oxygen atoms in total. The van der Waals surface area contributed by atoms with E-state index in [1.807, 2.05) is 6.92 Å². The summed E-state index contributed by atoms with van der Waals surface area (Å²) in [6, 6.07) is 5.00. The number of phenols is 1. The first-order valence-electron chi connectivity index (χ1n) is 7.22. The first-order valence-corrected chi connectivity index (χ1v) is 10.3. The van der Waals surface area contributed by atoms with Gasteiger partial charge in [-0.2, -0.15) is 0 Å². The molecule has 1 aromatic carbocycles. The summed E-state index contributed by atoms with van der Waals surface area (Å²) in [6.45, 7) is 2.21. The van der Waals surface area contributed by atoms with Gasteiger partial charge in [-0.05, 0) is 24.6 Å². The van der Waals surface area contributed by atoms with Crippen molar-refractivity contribution < 1.29 is 23.1 Å². The molecule has 0 unspecified atom stereocenters. The highest BCUT2D eigenvalue weighted by Crippen LogP contribution is 2.35. The Morgan fingerprint density at radius 2 is 2.04 bits per heavy atom. The average molecular weight is 424 g/mol. The van der Waals surface area contributed by atoms with E-state index in [2.05, 4.69) is 4.72 Å². The summed E-state index contributed by atoms with van der Waals surface area (Å²) >= 11 is 12.4. The molecule has 2 aromatic rings. The Bertz CT molecular complexity index is 861. The molecule has 0 bridgehead atoms. The largest absolute Gasteiger partial charge is 0.507 e. The number of aromatic hydroxyl groups is 1. The number of esters is 1. The number of rotatable bonds is 7. The van der Waals surface area contributed by atoms with Crippen LogP contribution in [0.3, 0.4) is 0 Å². The van der Waals surface area contributed by atoms with E-state index in [0.717, 1.165) is 30.2 Å². The van der Waals surface area contributed by atoms with Gasteiger partial charge < -0.3 is 9.84 Å². The highest BCUT2D eigenvalue weighted by Gasteiger charge is 2.20. The van der Waals surface area contributed by atoms with Crippen molar-refractivity contribution in [3.05, 3.63) is 39.2 Å². The van der Waals surface area contributed by atoms with Crippen LogP contribution in [0.4, 0.5) is 5.69 Å². The predicted octanol–water partition coefficient (Wildman–Crippen LogP) is 4.52. The number of ether oxygens (including phenoxy) is 1. The summed E-state index contributed by atoms with van der Waals surface area (Å²) in [5, 5.41) is 10.1. The molecule has 25 heavy (non-hydrogen) atoms. The molecular weight excluding hydrogens is 409 g/mol. The van der Waals surface area contributed by atoms with Crippen molar-refractivity contribution in [3.8, 4) is 5.75 Å². The van der Waals surface area contributed by atoms with E-state index in [1.165, 1.54) is 18.2 Å².